The molecule has 0 bridgehead atoms. The molecule has 0 saturated carbocycles. The highest BCUT2D eigenvalue weighted by molar-refractivity contribution is 5.94. The fraction of sp³-hybridized carbons (Fsp3) is 0.440. The highest BCUT2D eigenvalue weighted by Crippen LogP contribution is 2.35. The zero-order valence-electron chi connectivity index (χ0n) is 18.8. The minimum absolute atomic E-state index is 0.00343. The summed E-state index contributed by atoms with van der Waals surface area (Å²) in [5.74, 6) is 1.53. The maximum absolute atomic E-state index is 13.3. The quantitative estimate of drug-likeness (QED) is 0.772. The zero-order chi connectivity index (χ0) is 22.5. The van der Waals surface area contributed by atoms with Gasteiger partial charge in [0.1, 0.15) is 17.6 Å². The molecule has 3 amide bonds. The van der Waals surface area contributed by atoms with Crippen LogP contribution in [0.1, 0.15) is 31.7 Å². The monoisotopic (exact) mass is 437 g/mol. The largest absolute Gasteiger partial charge is 0.497 e. The summed E-state index contributed by atoms with van der Waals surface area (Å²) < 4.78 is 11.2. The van der Waals surface area contributed by atoms with E-state index in [1.165, 1.54) is 0 Å². The summed E-state index contributed by atoms with van der Waals surface area (Å²) in [6.45, 7) is 4.27. The molecule has 1 fully saturated rings. The Kier molecular flexibility index (Phi) is 6.83. The van der Waals surface area contributed by atoms with Gasteiger partial charge in [0, 0.05) is 25.6 Å². The molecule has 1 atom stereocenters. The lowest BCUT2D eigenvalue weighted by Gasteiger charge is -2.39. The Morgan fingerprint density at radius 3 is 2.50 bits per heavy atom. The number of benzene rings is 2. The maximum atomic E-state index is 13.3. The van der Waals surface area contributed by atoms with Crippen molar-refractivity contribution in [2.75, 3.05) is 31.6 Å². The molecule has 4 rings (SSSR count). The molecule has 0 aliphatic carbocycles. The summed E-state index contributed by atoms with van der Waals surface area (Å²) >= 11 is 0. The van der Waals surface area contributed by atoms with Crippen molar-refractivity contribution < 1.29 is 19.1 Å². The number of nitrogens with one attached hydrogen (secondary N) is 1. The number of anilines is 1. The molecule has 1 N–H and O–H groups in total. The van der Waals surface area contributed by atoms with Crippen molar-refractivity contribution in [1.82, 2.24) is 10.2 Å². The van der Waals surface area contributed by atoms with E-state index >= 15 is 0 Å². The van der Waals surface area contributed by atoms with Crippen molar-refractivity contribution in [2.24, 2.45) is 5.92 Å². The fourth-order valence-corrected chi connectivity index (χ4v) is 4.27. The molecule has 7 heteroatoms. The van der Waals surface area contributed by atoms with Crippen LogP contribution in [0.3, 0.4) is 0 Å². The minimum Gasteiger partial charge on any atom is -0.497 e. The highest BCUT2D eigenvalue weighted by Gasteiger charge is 2.34. The average molecular weight is 438 g/mol. The standard InChI is InChI=1S/C25H31N3O4/c1-3-20-17-28(22-6-4-5-7-23(22)32-20)25(30)27-14-12-19(13-15-27)24(29)26-16-18-8-10-21(31-2)11-9-18/h4-11,19-20H,3,12-17H2,1-2H3,(H,26,29). The summed E-state index contributed by atoms with van der Waals surface area (Å²) in [5, 5.41) is 3.03. The first-order valence-electron chi connectivity index (χ1n) is 11.3. The van der Waals surface area contributed by atoms with Crippen molar-refractivity contribution in [3.8, 4) is 11.5 Å². The van der Waals surface area contributed by atoms with E-state index in [1.807, 2.05) is 58.3 Å². The van der Waals surface area contributed by atoms with Crippen molar-refractivity contribution in [3.05, 3.63) is 54.1 Å². The molecule has 2 heterocycles. The average Bonchev–Trinajstić information content (AvgIpc) is 2.86. The Labute approximate surface area is 189 Å². The lowest BCUT2D eigenvalue weighted by Crippen LogP contribution is -2.52. The van der Waals surface area contributed by atoms with Gasteiger partial charge in [0.25, 0.3) is 0 Å². The van der Waals surface area contributed by atoms with E-state index in [0.717, 1.165) is 29.2 Å². The SMILES string of the molecule is CCC1CN(C(=O)N2CCC(C(=O)NCc3ccc(OC)cc3)CC2)c2ccccc2O1. The van der Waals surface area contributed by atoms with Gasteiger partial charge in [0.2, 0.25) is 5.91 Å². The van der Waals surface area contributed by atoms with Crippen LogP contribution < -0.4 is 19.7 Å². The van der Waals surface area contributed by atoms with E-state index in [2.05, 4.69) is 12.2 Å². The van der Waals surface area contributed by atoms with Crippen LogP contribution >= 0.6 is 0 Å². The molecule has 0 spiro atoms. The van der Waals surface area contributed by atoms with Crippen molar-refractivity contribution in [3.63, 3.8) is 0 Å². The van der Waals surface area contributed by atoms with Crippen molar-refractivity contribution in [2.45, 2.75) is 38.8 Å². The third-order valence-electron chi connectivity index (χ3n) is 6.28. The van der Waals surface area contributed by atoms with E-state index in [9.17, 15) is 9.59 Å². The first-order chi connectivity index (χ1) is 15.6. The van der Waals surface area contributed by atoms with Gasteiger partial charge in [0.15, 0.2) is 0 Å². The fourth-order valence-electron chi connectivity index (χ4n) is 4.27. The zero-order valence-corrected chi connectivity index (χ0v) is 18.8. The second-order valence-corrected chi connectivity index (χ2v) is 8.34. The summed E-state index contributed by atoms with van der Waals surface area (Å²) in [6, 6.07) is 15.4. The molecule has 2 aliphatic rings. The summed E-state index contributed by atoms with van der Waals surface area (Å²) in [7, 11) is 1.63. The molecule has 2 aliphatic heterocycles. The molecular formula is C25H31N3O4. The number of carbonyl (C=O) groups excluding carboxylic acids is 2. The third-order valence-corrected chi connectivity index (χ3v) is 6.28. The summed E-state index contributed by atoms with van der Waals surface area (Å²) in [6.07, 6.45) is 2.18. The lowest BCUT2D eigenvalue weighted by molar-refractivity contribution is -0.126. The summed E-state index contributed by atoms with van der Waals surface area (Å²) in [5.41, 5.74) is 1.85. The van der Waals surface area contributed by atoms with Crippen LogP contribution in [0.4, 0.5) is 10.5 Å². The number of ether oxygens (including phenoxy) is 2. The Morgan fingerprint density at radius 2 is 1.81 bits per heavy atom. The van der Waals surface area contributed by atoms with Crippen LogP contribution in [0.2, 0.25) is 0 Å². The minimum atomic E-state index is -0.0716. The van der Waals surface area contributed by atoms with Crippen LogP contribution in [0.25, 0.3) is 0 Å². The molecule has 2 aromatic rings. The van der Waals surface area contributed by atoms with E-state index < -0.39 is 0 Å². The molecule has 2 aromatic carbocycles. The molecule has 32 heavy (non-hydrogen) atoms. The third kappa shape index (κ3) is 4.82. The van der Waals surface area contributed by atoms with Gasteiger partial charge < -0.3 is 19.7 Å². The van der Waals surface area contributed by atoms with Crippen LogP contribution in [0.5, 0.6) is 11.5 Å². The number of piperidine rings is 1. The lowest BCUT2D eigenvalue weighted by atomic mass is 9.96. The van der Waals surface area contributed by atoms with Gasteiger partial charge in [-0.1, -0.05) is 31.2 Å². The number of methoxy groups -OCH3 is 1. The second-order valence-electron chi connectivity index (χ2n) is 8.34. The Balaban J connectivity index is 1.31. The Hall–Kier alpha value is -3.22. The van der Waals surface area contributed by atoms with Gasteiger partial charge in [-0.3, -0.25) is 9.69 Å². The first-order valence-corrected chi connectivity index (χ1v) is 11.3. The van der Waals surface area contributed by atoms with Gasteiger partial charge in [0.05, 0.1) is 19.3 Å². The van der Waals surface area contributed by atoms with Crippen LogP contribution in [-0.4, -0.2) is 49.7 Å². The molecular weight excluding hydrogens is 406 g/mol. The number of fused-ring (bicyclic) bond motifs is 1. The van der Waals surface area contributed by atoms with Gasteiger partial charge in [-0.05, 0) is 49.1 Å². The Bertz CT molecular complexity index is 938. The molecule has 7 nitrogen and oxygen atoms in total. The number of hydrogen-bond donors (Lipinski definition) is 1. The number of amides is 3. The summed E-state index contributed by atoms with van der Waals surface area (Å²) in [4.78, 5) is 29.6. The smallest absolute Gasteiger partial charge is 0.324 e. The molecule has 170 valence electrons. The van der Waals surface area contributed by atoms with E-state index in [-0.39, 0.29) is 24.0 Å². The van der Waals surface area contributed by atoms with E-state index in [4.69, 9.17) is 9.47 Å². The van der Waals surface area contributed by atoms with Gasteiger partial charge >= 0.3 is 6.03 Å². The first kappa shape index (κ1) is 22.0. The molecule has 1 unspecified atom stereocenters. The van der Waals surface area contributed by atoms with E-state index in [0.29, 0.717) is 39.0 Å². The topological polar surface area (TPSA) is 71.1 Å². The van der Waals surface area contributed by atoms with Crippen molar-refractivity contribution in [1.29, 1.82) is 0 Å². The number of likely N-dealkylation sites (tertiary alicyclic amines) is 1. The predicted octanol–water partition coefficient (Wildman–Crippen LogP) is 3.82. The molecule has 1 saturated heterocycles. The van der Waals surface area contributed by atoms with Crippen molar-refractivity contribution >= 4 is 17.6 Å². The van der Waals surface area contributed by atoms with E-state index in [1.54, 1.807) is 7.11 Å². The number of para-hydroxylation sites is 2. The number of hydrogen-bond acceptors (Lipinski definition) is 4. The van der Waals surface area contributed by atoms with Gasteiger partial charge in [-0.2, -0.15) is 0 Å². The normalized spacial score (nSPS) is 18.5. The predicted molar refractivity (Wildman–Crippen MR) is 123 cm³/mol. The highest BCUT2D eigenvalue weighted by atomic mass is 16.5. The Morgan fingerprint density at radius 1 is 1.09 bits per heavy atom. The number of carbonyl (C=O) groups is 2. The molecule has 0 radical (unpaired) electrons. The number of urea groups is 1. The van der Waals surface area contributed by atoms with Crippen LogP contribution in [-0.2, 0) is 11.3 Å². The number of rotatable bonds is 5. The molecule has 0 aromatic heterocycles. The second kappa shape index (κ2) is 9.94. The van der Waals surface area contributed by atoms with Crippen LogP contribution in [0, 0.1) is 5.92 Å². The number of nitrogens with zero attached hydrogens (tertiary/aromatic N) is 2. The van der Waals surface area contributed by atoms with Gasteiger partial charge in [-0.15, -0.1) is 0 Å². The van der Waals surface area contributed by atoms with Gasteiger partial charge in [-0.25, -0.2) is 4.79 Å². The maximum Gasteiger partial charge on any atom is 0.324 e. The van der Waals surface area contributed by atoms with Crippen LogP contribution in [0.15, 0.2) is 48.5 Å².